The van der Waals surface area contributed by atoms with Gasteiger partial charge in [-0.2, -0.15) is 0 Å². The summed E-state index contributed by atoms with van der Waals surface area (Å²) in [6, 6.07) is 9.36. The average molecular weight is 305 g/mol. The van der Waals surface area contributed by atoms with Crippen molar-refractivity contribution in [1.82, 2.24) is 4.90 Å². The highest BCUT2D eigenvalue weighted by Gasteiger charge is 2.41. The molecule has 5 heteroatoms. The first-order valence-corrected chi connectivity index (χ1v) is 7.63. The lowest BCUT2D eigenvalue weighted by Gasteiger charge is -2.27. The van der Waals surface area contributed by atoms with E-state index < -0.39 is 18.1 Å². The van der Waals surface area contributed by atoms with Crippen LogP contribution in [-0.2, 0) is 16.0 Å². The summed E-state index contributed by atoms with van der Waals surface area (Å²) in [6.45, 7) is 5.54. The molecule has 1 heterocycles. The maximum Gasteiger partial charge on any atom is 0.416 e. The number of nitrogens with zero attached hydrogens (tertiary/aromatic N) is 1. The number of carbonyl (C=O) groups excluding carboxylic acids is 2. The zero-order chi connectivity index (χ0) is 16.3. The molecule has 0 aromatic heterocycles. The number of imide groups is 1. The third-order valence-electron chi connectivity index (χ3n) is 4.10. The van der Waals surface area contributed by atoms with Crippen molar-refractivity contribution in [1.29, 1.82) is 0 Å². The normalized spacial score (nSPS) is 20.9. The van der Waals surface area contributed by atoms with Crippen LogP contribution in [0.15, 0.2) is 30.3 Å². The zero-order valence-corrected chi connectivity index (χ0v) is 13.2. The molecule has 22 heavy (non-hydrogen) atoms. The molecule has 1 aromatic rings. The van der Waals surface area contributed by atoms with Gasteiger partial charge >= 0.3 is 6.09 Å². The van der Waals surface area contributed by atoms with Crippen LogP contribution in [0, 0.1) is 11.8 Å². The Labute approximate surface area is 130 Å². The molecular weight excluding hydrogens is 282 g/mol. The van der Waals surface area contributed by atoms with Crippen molar-refractivity contribution in [3.05, 3.63) is 35.9 Å². The second-order valence-electron chi connectivity index (χ2n) is 6.15. The topological polar surface area (TPSA) is 66.8 Å². The van der Waals surface area contributed by atoms with Crippen molar-refractivity contribution < 1.29 is 19.4 Å². The summed E-state index contributed by atoms with van der Waals surface area (Å²) in [5.74, 6) is -1.06. The Bertz CT molecular complexity index is 529. The number of carbonyl (C=O) groups is 2. The number of hydrogen-bond acceptors (Lipinski definition) is 4. The molecule has 0 aliphatic carbocycles. The molecule has 0 bridgehead atoms. The molecule has 0 saturated carbocycles. The highest BCUT2D eigenvalue weighted by atomic mass is 16.6. The van der Waals surface area contributed by atoms with Crippen LogP contribution in [0.25, 0.3) is 0 Å². The molecule has 1 saturated heterocycles. The molecule has 1 aromatic carbocycles. The average Bonchev–Trinajstić information content (AvgIpc) is 2.86. The second-order valence-corrected chi connectivity index (χ2v) is 6.15. The van der Waals surface area contributed by atoms with E-state index in [2.05, 4.69) is 0 Å². The number of aliphatic hydroxyl groups excluding tert-OH is 1. The number of cyclic esters (lactones) is 1. The van der Waals surface area contributed by atoms with E-state index in [9.17, 15) is 14.7 Å². The smallest absolute Gasteiger partial charge is 0.416 e. The number of aliphatic hydroxyl groups is 1. The highest BCUT2D eigenvalue weighted by molar-refractivity contribution is 5.95. The minimum Gasteiger partial charge on any atom is -0.447 e. The fourth-order valence-corrected chi connectivity index (χ4v) is 2.71. The minimum atomic E-state index is -0.779. The van der Waals surface area contributed by atoms with Gasteiger partial charge in [0.2, 0.25) is 5.91 Å². The Morgan fingerprint density at radius 2 is 1.95 bits per heavy atom. The van der Waals surface area contributed by atoms with Gasteiger partial charge in [0.05, 0.1) is 18.1 Å². The molecule has 0 radical (unpaired) electrons. The predicted octanol–water partition coefficient (Wildman–Crippen LogP) is 2.23. The van der Waals surface area contributed by atoms with Crippen molar-refractivity contribution in [2.24, 2.45) is 11.8 Å². The van der Waals surface area contributed by atoms with Crippen LogP contribution in [0.3, 0.4) is 0 Å². The lowest BCUT2D eigenvalue weighted by molar-refractivity contribution is -0.137. The van der Waals surface area contributed by atoms with Crippen LogP contribution in [0.1, 0.15) is 26.3 Å². The van der Waals surface area contributed by atoms with E-state index >= 15 is 0 Å². The minimum absolute atomic E-state index is 0.0508. The molecule has 2 amide bonds. The van der Waals surface area contributed by atoms with Crippen molar-refractivity contribution in [3.63, 3.8) is 0 Å². The predicted molar refractivity (Wildman–Crippen MR) is 82.1 cm³/mol. The fraction of sp³-hybridized carbons (Fsp3) is 0.529. The quantitative estimate of drug-likeness (QED) is 0.906. The van der Waals surface area contributed by atoms with Gasteiger partial charge in [0.15, 0.2) is 0 Å². The summed E-state index contributed by atoms with van der Waals surface area (Å²) < 4.78 is 5.05. The fourth-order valence-electron chi connectivity index (χ4n) is 2.71. The van der Waals surface area contributed by atoms with Crippen molar-refractivity contribution in [2.75, 3.05) is 6.61 Å². The number of amides is 2. The monoisotopic (exact) mass is 305 g/mol. The molecule has 0 spiro atoms. The Morgan fingerprint density at radius 1 is 1.32 bits per heavy atom. The van der Waals surface area contributed by atoms with Crippen molar-refractivity contribution in [2.45, 2.75) is 39.3 Å². The Kier molecular flexibility index (Phi) is 5.19. The van der Waals surface area contributed by atoms with Gasteiger partial charge in [0.25, 0.3) is 0 Å². The summed E-state index contributed by atoms with van der Waals surface area (Å²) in [5, 5.41) is 10.1. The summed E-state index contributed by atoms with van der Waals surface area (Å²) in [4.78, 5) is 25.7. The van der Waals surface area contributed by atoms with Gasteiger partial charge in [0.1, 0.15) is 6.61 Å². The lowest BCUT2D eigenvalue weighted by Crippen LogP contribution is -2.46. The van der Waals surface area contributed by atoms with Crippen LogP contribution < -0.4 is 0 Å². The van der Waals surface area contributed by atoms with E-state index in [1.165, 1.54) is 4.90 Å². The maximum absolute atomic E-state index is 12.6. The molecule has 2 rings (SSSR count). The van der Waals surface area contributed by atoms with Crippen LogP contribution >= 0.6 is 0 Å². The van der Waals surface area contributed by atoms with Gasteiger partial charge in [-0.3, -0.25) is 4.79 Å². The van der Waals surface area contributed by atoms with Crippen LogP contribution in [0.5, 0.6) is 0 Å². The van der Waals surface area contributed by atoms with Crippen LogP contribution in [0.4, 0.5) is 4.79 Å². The summed E-state index contributed by atoms with van der Waals surface area (Å²) in [6.07, 6.45) is -0.838. The first-order valence-electron chi connectivity index (χ1n) is 7.63. The molecule has 5 nitrogen and oxygen atoms in total. The summed E-state index contributed by atoms with van der Waals surface area (Å²) in [7, 11) is 0. The second kappa shape index (κ2) is 6.92. The lowest BCUT2D eigenvalue weighted by atomic mass is 9.93. The SMILES string of the molecule is CC(C)C(O)C(C)C(=O)N1C(=O)OC[C@@H]1Cc1ccccc1. The number of hydrogen-bond donors (Lipinski definition) is 1. The van der Waals surface area contributed by atoms with E-state index in [1.54, 1.807) is 6.92 Å². The molecule has 1 aliphatic rings. The molecule has 1 N–H and O–H groups in total. The van der Waals surface area contributed by atoms with Gasteiger partial charge in [-0.1, -0.05) is 51.1 Å². The van der Waals surface area contributed by atoms with E-state index in [1.807, 2.05) is 44.2 Å². The molecule has 2 unspecified atom stereocenters. The van der Waals surface area contributed by atoms with E-state index in [0.29, 0.717) is 6.42 Å². The van der Waals surface area contributed by atoms with Gasteiger partial charge < -0.3 is 9.84 Å². The van der Waals surface area contributed by atoms with Crippen LogP contribution in [0.2, 0.25) is 0 Å². The number of benzene rings is 1. The van der Waals surface area contributed by atoms with Crippen LogP contribution in [-0.4, -0.2) is 40.8 Å². The van der Waals surface area contributed by atoms with Gasteiger partial charge in [-0.15, -0.1) is 0 Å². The van der Waals surface area contributed by atoms with Crippen molar-refractivity contribution >= 4 is 12.0 Å². The summed E-state index contributed by atoms with van der Waals surface area (Å²) >= 11 is 0. The van der Waals surface area contributed by atoms with E-state index in [0.717, 1.165) is 5.56 Å². The molecular formula is C17H23NO4. The first kappa shape index (κ1) is 16.5. The Balaban J connectivity index is 2.12. The molecule has 1 fully saturated rings. The van der Waals surface area contributed by atoms with E-state index in [4.69, 9.17) is 4.74 Å². The number of rotatable bonds is 5. The largest absolute Gasteiger partial charge is 0.447 e. The maximum atomic E-state index is 12.6. The van der Waals surface area contributed by atoms with Gasteiger partial charge in [0, 0.05) is 0 Å². The molecule has 120 valence electrons. The number of ether oxygens (including phenoxy) is 1. The summed E-state index contributed by atoms with van der Waals surface area (Å²) in [5.41, 5.74) is 1.04. The standard InChI is InChI=1S/C17H23NO4/c1-11(2)15(19)12(3)16(20)18-14(10-22-17(18)21)9-13-7-5-4-6-8-13/h4-8,11-12,14-15,19H,9-10H2,1-3H3/t12?,14-,15?/m0/s1. The van der Waals surface area contributed by atoms with Gasteiger partial charge in [-0.25, -0.2) is 9.69 Å². The third kappa shape index (κ3) is 3.47. The zero-order valence-electron chi connectivity index (χ0n) is 13.2. The third-order valence-corrected chi connectivity index (χ3v) is 4.10. The first-order chi connectivity index (χ1) is 10.4. The van der Waals surface area contributed by atoms with Gasteiger partial charge in [-0.05, 0) is 17.9 Å². The Hall–Kier alpha value is -1.88. The Morgan fingerprint density at radius 3 is 2.55 bits per heavy atom. The van der Waals surface area contributed by atoms with E-state index in [-0.39, 0.29) is 24.5 Å². The highest BCUT2D eigenvalue weighted by Crippen LogP contribution is 2.23. The molecule has 1 aliphatic heterocycles. The van der Waals surface area contributed by atoms with Crippen molar-refractivity contribution in [3.8, 4) is 0 Å². The molecule has 3 atom stereocenters.